The van der Waals surface area contributed by atoms with Gasteiger partial charge in [-0.1, -0.05) is 23.7 Å². The number of halogens is 1. The quantitative estimate of drug-likeness (QED) is 0.692. The fraction of sp³-hybridized carbons (Fsp3) is 0.0909. The van der Waals surface area contributed by atoms with Crippen LogP contribution in [-0.2, 0) is 0 Å². The number of nitrogens with zero attached hydrogens (tertiary/aromatic N) is 2. The van der Waals surface area contributed by atoms with Crippen LogP contribution in [0.15, 0.2) is 29.1 Å². The summed E-state index contributed by atoms with van der Waals surface area (Å²) in [6.07, 6.45) is 0. The lowest BCUT2D eigenvalue weighted by Crippen LogP contribution is -2.15. The van der Waals surface area contributed by atoms with Crippen molar-refractivity contribution in [2.75, 3.05) is 0 Å². The fourth-order valence-electron chi connectivity index (χ4n) is 1.72. The lowest BCUT2D eigenvalue weighted by molar-refractivity contribution is 0.791. The second kappa shape index (κ2) is 3.49. The van der Waals surface area contributed by atoms with Gasteiger partial charge < -0.3 is 4.98 Å². The Hall–Kier alpha value is -2.01. The summed E-state index contributed by atoms with van der Waals surface area (Å²) in [5, 5.41) is 3.05. The summed E-state index contributed by atoms with van der Waals surface area (Å²) in [5.41, 5.74) is 2.00. The lowest BCUT2D eigenvalue weighted by atomic mass is 10.3. The molecule has 17 heavy (non-hydrogen) atoms. The van der Waals surface area contributed by atoms with Crippen LogP contribution in [0.2, 0.25) is 5.02 Å². The van der Waals surface area contributed by atoms with E-state index in [0.29, 0.717) is 11.6 Å². The van der Waals surface area contributed by atoms with Crippen LogP contribution in [-0.4, -0.2) is 19.7 Å². The molecule has 0 saturated heterocycles. The number of hydrogen-bond acceptors (Lipinski definition) is 2. The largest absolute Gasteiger partial charge is 0.322 e. The van der Waals surface area contributed by atoms with Crippen molar-refractivity contribution in [3.05, 3.63) is 45.3 Å². The highest BCUT2D eigenvalue weighted by atomic mass is 35.5. The molecule has 0 bridgehead atoms. The predicted molar refractivity (Wildman–Crippen MR) is 65.8 cm³/mol. The van der Waals surface area contributed by atoms with Crippen LogP contribution in [0.1, 0.15) is 5.69 Å². The van der Waals surface area contributed by atoms with Crippen LogP contribution < -0.4 is 5.56 Å². The highest BCUT2D eigenvalue weighted by Gasteiger charge is 2.12. The minimum Gasteiger partial charge on any atom is -0.322 e. The highest BCUT2D eigenvalue weighted by molar-refractivity contribution is 6.31. The average molecular weight is 249 g/mol. The van der Waals surface area contributed by atoms with Gasteiger partial charge in [-0.05, 0) is 19.1 Å². The number of nitrogens with one attached hydrogen (secondary N) is 2. The number of benzene rings is 1. The molecule has 0 aliphatic heterocycles. The van der Waals surface area contributed by atoms with Crippen LogP contribution in [0.3, 0.4) is 0 Å². The summed E-state index contributed by atoms with van der Waals surface area (Å²) in [7, 11) is 0. The number of rotatable bonds is 1. The van der Waals surface area contributed by atoms with Crippen molar-refractivity contribution < 1.29 is 0 Å². The maximum absolute atomic E-state index is 11.8. The molecule has 0 aliphatic rings. The molecule has 0 aliphatic carbocycles. The van der Waals surface area contributed by atoms with Crippen LogP contribution in [0, 0.1) is 6.92 Å². The third-order valence-corrected chi connectivity index (χ3v) is 3.03. The number of hydrogen-bond donors (Lipinski definition) is 2. The normalized spacial score (nSPS) is 11.2. The molecule has 0 atom stereocenters. The number of imidazole rings is 1. The van der Waals surface area contributed by atoms with Crippen molar-refractivity contribution in [3.8, 4) is 5.95 Å². The molecule has 0 saturated carbocycles. The first-order valence-corrected chi connectivity index (χ1v) is 5.47. The van der Waals surface area contributed by atoms with Crippen LogP contribution in [0.5, 0.6) is 0 Å². The molecule has 0 amide bonds. The summed E-state index contributed by atoms with van der Waals surface area (Å²) < 4.78 is 1.30. The fourth-order valence-corrected chi connectivity index (χ4v) is 1.85. The van der Waals surface area contributed by atoms with E-state index in [9.17, 15) is 4.79 Å². The molecule has 0 radical (unpaired) electrons. The number of aromatic amines is 2. The first-order chi connectivity index (χ1) is 8.16. The molecule has 86 valence electrons. The van der Waals surface area contributed by atoms with Gasteiger partial charge in [-0.3, -0.25) is 9.89 Å². The van der Waals surface area contributed by atoms with Crippen LogP contribution >= 0.6 is 11.6 Å². The van der Waals surface area contributed by atoms with Crippen molar-refractivity contribution in [2.24, 2.45) is 0 Å². The summed E-state index contributed by atoms with van der Waals surface area (Å²) >= 11 is 5.84. The van der Waals surface area contributed by atoms with Gasteiger partial charge in [0.15, 0.2) is 0 Å². The van der Waals surface area contributed by atoms with E-state index in [1.807, 2.05) is 24.3 Å². The molecular weight excluding hydrogens is 240 g/mol. The second-order valence-electron chi connectivity index (χ2n) is 3.77. The Morgan fingerprint density at radius 3 is 2.76 bits per heavy atom. The van der Waals surface area contributed by atoms with Gasteiger partial charge in [0.1, 0.15) is 5.02 Å². The van der Waals surface area contributed by atoms with E-state index in [4.69, 9.17) is 11.6 Å². The lowest BCUT2D eigenvalue weighted by Gasteiger charge is -1.93. The minimum absolute atomic E-state index is 0.186. The molecule has 2 heterocycles. The maximum atomic E-state index is 11.8. The summed E-state index contributed by atoms with van der Waals surface area (Å²) in [5.74, 6) is 0.436. The molecule has 1 aromatic carbocycles. The number of para-hydroxylation sites is 2. The van der Waals surface area contributed by atoms with Gasteiger partial charge in [0.25, 0.3) is 5.56 Å². The standard InChI is InChI=1S/C11H9ClN4O/c1-6-9(12)10(17)16(15-6)11-13-7-4-2-3-5-8(7)14-11/h2-5,15H,1H3,(H,13,14). The third kappa shape index (κ3) is 1.47. The Kier molecular flexibility index (Phi) is 2.09. The van der Waals surface area contributed by atoms with Gasteiger partial charge >= 0.3 is 0 Å². The Balaban J connectivity index is 2.27. The Labute approximate surface area is 101 Å². The first kappa shape index (κ1) is 10.2. The van der Waals surface area contributed by atoms with E-state index in [2.05, 4.69) is 15.1 Å². The minimum atomic E-state index is -0.303. The van der Waals surface area contributed by atoms with Crippen molar-refractivity contribution in [3.63, 3.8) is 0 Å². The van der Waals surface area contributed by atoms with Crippen molar-refractivity contribution >= 4 is 22.6 Å². The molecule has 0 unspecified atom stereocenters. The van der Waals surface area contributed by atoms with Gasteiger partial charge in [-0.15, -0.1) is 0 Å². The highest BCUT2D eigenvalue weighted by Crippen LogP contribution is 2.13. The number of aromatic nitrogens is 4. The van der Waals surface area contributed by atoms with Gasteiger partial charge in [0.05, 0.1) is 16.7 Å². The van der Waals surface area contributed by atoms with E-state index in [1.165, 1.54) is 4.68 Å². The molecule has 5 nitrogen and oxygen atoms in total. The zero-order chi connectivity index (χ0) is 12.0. The molecule has 6 heteroatoms. The van der Waals surface area contributed by atoms with E-state index in [-0.39, 0.29) is 10.6 Å². The Morgan fingerprint density at radius 2 is 2.12 bits per heavy atom. The van der Waals surface area contributed by atoms with Crippen molar-refractivity contribution in [1.29, 1.82) is 0 Å². The number of fused-ring (bicyclic) bond motifs is 1. The van der Waals surface area contributed by atoms with Gasteiger partial charge in [0.2, 0.25) is 5.95 Å². The van der Waals surface area contributed by atoms with Crippen molar-refractivity contribution in [1.82, 2.24) is 19.7 Å². The Morgan fingerprint density at radius 1 is 1.35 bits per heavy atom. The van der Waals surface area contributed by atoms with E-state index >= 15 is 0 Å². The predicted octanol–water partition coefficient (Wildman–Crippen LogP) is 2.00. The molecule has 3 aromatic rings. The van der Waals surface area contributed by atoms with Gasteiger partial charge in [-0.2, -0.15) is 4.68 Å². The molecule has 0 fully saturated rings. The van der Waals surface area contributed by atoms with E-state index < -0.39 is 0 Å². The van der Waals surface area contributed by atoms with Crippen molar-refractivity contribution in [2.45, 2.75) is 6.92 Å². The maximum Gasteiger partial charge on any atom is 0.292 e. The second-order valence-corrected chi connectivity index (χ2v) is 4.15. The van der Waals surface area contributed by atoms with E-state index in [1.54, 1.807) is 6.92 Å². The monoisotopic (exact) mass is 248 g/mol. The van der Waals surface area contributed by atoms with Gasteiger partial charge in [0, 0.05) is 0 Å². The third-order valence-electron chi connectivity index (χ3n) is 2.59. The molecule has 3 rings (SSSR count). The first-order valence-electron chi connectivity index (χ1n) is 5.09. The molecule has 2 N–H and O–H groups in total. The zero-order valence-corrected chi connectivity index (χ0v) is 9.75. The summed E-state index contributed by atoms with van der Waals surface area (Å²) in [6, 6.07) is 7.56. The average Bonchev–Trinajstić information content (AvgIpc) is 2.86. The summed E-state index contributed by atoms with van der Waals surface area (Å²) in [4.78, 5) is 19.2. The number of aryl methyl sites for hydroxylation is 1. The smallest absolute Gasteiger partial charge is 0.292 e. The molecule has 2 aromatic heterocycles. The van der Waals surface area contributed by atoms with Crippen LogP contribution in [0.25, 0.3) is 17.0 Å². The van der Waals surface area contributed by atoms with Gasteiger partial charge in [-0.25, -0.2) is 4.98 Å². The summed E-state index contributed by atoms with van der Waals surface area (Å²) in [6.45, 7) is 1.74. The zero-order valence-electron chi connectivity index (χ0n) is 8.99. The van der Waals surface area contributed by atoms with E-state index in [0.717, 1.165) is 11.0 Å². The topological polar surface area (TPSA) is 66.5 Å². The molecule has 0 spiro atoms. The number of H-pyrrole nitrogens is 2. The SMILES string of the molecule is Cc1[nH]n(-c2nc3ccccc3[nH]2)c(=O)c1Cl. The Bertz CT molecular complexity index is 719. The molecular formula is C11H9ClN4O. The van der Waals surface area contributed by atoms with Crippen LogP contribution in [0.4, 0.5) is 0 Å².